The van der Waals surface area contributed by atoms with E-state index in [0.717, 1.165) is 14.2 Å². The average molecular weight is 268 g/mol. The zero-order valence-electron chi connectivity index (χ0n) is 9.19. The molecule has 1 rings (SSSR count). The van der Waals surface area contributed by atoms with Gasteiger partial charge in [0.25, 0.3) is 0 Å². The number of hydrogen-bond donors (Lipinski definition) is 3. The van der Waals surface area contributed by atoms with Crippen LogP contribution in [0, 0.1) is 0 Å². The maximum atomic E-state index is 12.1. The molecule has 1 aliphatic heterocycles. The predicted octanol–water partition coefficient (Wildman–Crippen LogP) is -0.480. The quantitative estimate of drug-likeness (QED) is 0.451. The third-order valence-corrected chi connectivity index (χ3v) is 4.27. The van der Waals surface area contributed by atoms with Crippen molar-refractivity contribution < 1.29 is 38.5 Å². The Hall–Kier alpha value is -0.920. The molecule has 8 nitrogen and oxygen atoms in total. The molecule has 0 amide bonds. The van der Waals surface area contributed by atoms with E-state index in [-0.39, 0.29) is 0 Å². The van der Waals surface area contributed by atoms with Gasteiger partial charge in [0, 0.05) is 14.2 Å². The number of aliphatic hydroxyl groups is 3. The highest BCUT2D eigenvalue weighted by molar-refractivity contribution is 7.58. The summed E-state index contributed by atoms with van der Waals surface area (Å²) in [5.74, 6) is -2.10. The number of rotatable bonds is 5. The monoisotopic (exact) mass is 268 g/mol. The minimum Gasteiger partial charge on any atom is -0.501 e. The van der Waals surface area contributed by atoms with Gasteiger partial charge in [0.15, 0.2) is 6.10 Å². The van der Waals surface area contributed by atoms with Crippen LogP contribution >= 0.6 is 7.60 Å². The third-order valence-electron chi connectivity index (χ3n) is 2.25. The van der Waals surface area contributed by atoms with Crippen LogP contribution in [0.25, 0.3) is 0 Å². The van der Waals surface area contributed by atoms with Crippen LogP contribution in [0.5, 0.6) is 0 Å². The lowest BCUT2D eigenvalue weighted by Gasteiger charge is -2.22. The average Bonchev–Trinajstić information content (AvgIpc) is 2.64. The van der Waals surface area contributed by atoms with E-state index in [1.54, 1.807) is 0 Å². The number of cyclic esters (lactones) is 1. The van der Waals surface area contributed by atoms with Crippen molar-refractivity contribution in [3.8, 4) is 0 Å². The molecule has 0 saturated heterocycles. The van der Waals surface area contributed by atoms with Gasteiger partial charge in [-0.25, -0.2) is 4.79 Å². The molecule has 0 aromatic rings. The summed E-state index contributed by atoms with van der Waals surface area (Å²) in [6.45, 7) is -0.748. The molecule has 0 spiro atoms. The summed E-state index contributed by atoms with van der Waals surface area (Å²) >= 11 is 0. The van der Waals surface area contributed by atoms with Gasteiger partial charge in [-0.1, -0.05) is 0 Å². The maximum Gasteiger partial charge on any atom is 0.374 e. The molecule has 9 heteroatoms. The highest BCUT2D eigenvalue weighted by atomic mass is 31.2. The predicted molar refractivity (Wildman–Crippen MR) is 54.3 cm³/mol. The molecule has 0 aliphatic carbocycles. The molecular weight excluding hydrogens is 255 g/mol. The highest BCUT2D eigenvalue weighted by Crippen LogP contribution is 2.59. The molecule has 1 heterocycles. The van der Waals surface area contributed by atoms with Crippen LogP contribution in [0.15, 0.2) is 11.1 Å². The van der Waals surface area contributed by atoms with Crippen LogP contribution < -0.4 is 0 Å². The van der Waals surface area contributed by atoms with Crippen molar-refractivity contribution in [2.24, 2.45) is 0 Å². The van der Waals surface area contributed by atoms with Crippen LogP contribution in [0.3, 0.4) is 0 Å². The highest BCUT2D eigenvalue weighted by Gasteiger charge is 2.49. The molecule has 0 saturated carbocycles. The standard InChI is InChI=1S/C8H13O8P/c1-14-17(13,15-2)7-5(11)8(12)16-6(7)4(10)3-9/h4,6,9-11H,3H2,1-2H3/t4-,6+/m0/s1. The first-order chi connectivity index (χ1) is 7.91. The van der Waals surface area contributed by atoms with Gasteiger partial charge >= 0.3 is 13.6 Å². The Kier molecular flexibility index (Phi) is 4.29. The Labute approximate surface area is 96.9 Å². The zero-order valence-corrected chi connectivity index (χ0v) is 10.1. The fourth-order valence-electron chi connectivity index (χ4n) is 1.38. The summed E-state index contributed by atoms with van der Waals surface area (Å²) in [4.78, 5) is 11.1. The van der Waals surface area contributed by atoms with Crippen molar-refractivity contribution in [2.75, 3.05) is 20.8 Å². The molecule has 0 bridgehead atoms. The third kappa shape index (κ3) is 2.36. The Morgan fingerprint density at radius 3 is 2.41 bits per heavy atom. The SMILES string of the molecule is COP(=O)(OC)C1=C(O)C(=O)O[C@@H]1[C@@H](O)CO. The van der Waals surface area contributed by atoms with Crippen LogP contribution in [-0.4, -0.2) is 54.3 Å². The first-order valence-electron chi connectivity index (χ1n) is 4.56. The van der Waals surface area contributed by atoms with Gasteiger partial charge in [0.2, 0.25) is 5.76 Å². The van der Waals surface area contributed by atoms with E-state index in [1.807, 2.05) is 0 Å². The number of aliphatic hydroxyl groups excluding tert-OH is 3. The molecule has 1 aliphatic rings. The fraction of sp³-hybridized carbons (Fsp3) is 0.625. The fourth-order valence-corrected chi connectivity index (χ4v) is 2.81. The van der Waals surface area contributed by atoms with E-state index in [9.17, 15) is 19.6 Å². The molecule has 0 radical (unpaired) electrons. The van der Waals surface area contributed by atoms with Gasteiger partial charge in [-0.3, -0.25) is 4.57 Å². The van der Waals surface area contributed by atoms with Crippen LogP contribution in [0.4, 0.5) is 0 Å². The first-order valence-corrected chi connectivity index (χ1v) is 6.10. The Morgan fingerprint density at radius 1 is 1.47 bits per heavy atom. The summed E-state index contributed by atoms with van der Waals surface area (Å²) in [5.41, 5.74) is 0. The minimum absolute atomic E-state index is 0.492. The smallest absolute Gasteiger partial charge is 0.374 e. The van der Waals surface area contributed by atoms with Crippen molar-refractivity contribution >= 4 is 13.6 Å². The first kappa shape index (κ1) is 14.1. The largest absolute Gasteiger partial charge is 0.501 e. The summed E-state index contributed by atoms with van der Waals surface area (Å²) < 4.78 is 25.8. The molecular formula is C8H13O8P. The number of ether oxygens (including phenoxy) is 1. The zero-order chi connectivity index (χ0) is 13.2. The van der Waals surface area contributed by atoms with Crippen LogP contribution in [0.1, 0.15) is 0 Å². The van der Waals surface area contributed by atoms with Gasteiger partial charge in [0.1, 0.15) is 11.4 Å². The van der Waals surface area contributed by atoms with Gasteiger partial charge in [-0.15, -0.1) is 0 Å². The lowest BCUT2D eigenvalue weighted by Crippen LogP contribution is -2.32. The van der Waals surface area contributed by atoms with Crippen molar-refractivity contribution in [3.05, 3.63) is 11.1 Å². The molecule has 0 aromatic heterocycles. The number of hydrogen-bond acceptors (Lipinski definition) is 8. The van der Waals surface area contributed by atoms with E-state index in [1.165, 1.54) is 0 Å². The second-order valence-electron chi connectivity index (χ2n) is 3.17. The second-order valence-corrected chi connectivity index (χ2v) is 5.38. The second kappa shape index (κ2) is 5.16. The topological polar surface area (TPSA) is 123 Å². The van der Waals surface area contributed by atoms with Crippen molar-refractivity contribution in [1.29, 1.82) is 0 Å². The molecule has 0 fully saturated rings. The number of carbonyl (C=O) groups is 1. The van der Waals surface area contributed by atoms with Crippen LogP contribution in [-0.2, 0) is 23.1 Å². The normalized spacial score (nSPS) is 22.8. The molecule has 2 atom stereocenters. The van der Waals surface area contributed by atoms with E-state index >= 15 is 0 Å². The number of esters is 1. The van der Waals surface area contributed by atoms with E-state index in [0.29, 0.717) is 0 Å². The summed E-state index contributed by atoms with van der Waals surface area (Å²) in [5, 5.41) is 27.2. The van der Waals surface area contributed by atoms with E-state index in [4.69, 9.17) is 5.11 Å². The minimum atomic E-state index is -3.93. The lowest BCUT2D eigenvalue weighted by molar-refractivity contribution is -0.146. The van der Waals surface area contributed by atoms with Crippen molar-refractivity contribution in [1.82, 2.24) is 0 Å². The van der Waals surface area contributed by atoms with Crippen LogP contribution in [0.2, 0.25) is 0 Å². The summed E-state index contributed by atoms with van der Waals surface area (Å²) in [6, 6.07) is 0. The van der Waals surface area contributed by atoms with Crippen molar-refractivity contribution in [2.45, 2.75) is 12.2 Å². The molecule has 98 valence electrons. The maximum absolute atomic E-state index is 12.1. The molecule has 0 unspecified atom stereocenters. The van der Waals surface area contributed by atoms with Gasteiger partial charge in [-0.2, -0.15) is 0 Å². The summed E-state index contributed by atoms with van der Waals surface area (Å²) in [7, 11) is -1.83. The Morgan fingerprint density at radius 2 is 2.00 bits per heavy atom. The summed E-state index contributed by atoms with van der Waals surface area (Å²) in [6.07, 6.45) is -2.99. The van der Waals surface area contributed by atoms with E-state index in [2.05, 4.69) is 13.8 Å². The van der Waals surface area contributed by atoms with Gasteiger partial charge < -0.3 is 29.1 Å². The van der Waals surface area contributed by atoms with Gasteiger partial charge in [-0.05, 0) is 0 Å². The van der Waals surface area contributed by atoms with Gasteiger partial charge in [0.05, 0.1) is 6.61 Å². The Balaban J connectivity index is 3.23. The van der Waals surface area contributed by atoms with Crippen molar-refractivity contribution in [3.63, 3.8) is 0 Å². The Bertz CT molecular complexity index is 381. The molecule has 0 aromatic carbocycles. The lowest BCUT2D eigenvalue weighted by atomic mass is 10.2. The van der Waals surface area contributed by atoms with E-state index < -0.39 is 43.5 Å². The number of carbonyl (C=O) groups excluding carboxylic acids is 1. The molecule has 17 heavy (non-hydrogen) atoms. The molecule has 3 N–H and O–H groups in total.